The second-order valence-electron chi connectivity index (χ2n) is 9.44. The normalized spacial score (nSPS) is 12.9. The number of thiocarbonyl (C=S) groups is 1. The van der Waals surface area contributed by atoms with E-state index in [4.69, 9.17) is 38.7 Å². The molecule has 0 saturated carbocycles. The highest BCUT2D eigenvalue weighted by molar-refractivity contribution is 7.80. The molecule has 0 radical (unpaired) electrons. The molecule has 11 heteroatoms. The fraction of sp³-hybridized carbons (Fsp3) is 0.320. The van der Waals surface area contributed by atoms with Gasteiger partial charge in [0.05, 0.1) is 33.5 Å². The lowest BCUT2D eigenvalue weighted by molar-refractivity contribution is -0.155. The van der Waals surface area contributed by atoms with Crippen molar-refractivity contribution in [3.05, 3.63) is 70.8 Å². The molecule has 0 fully saturated rings. The molecule has 8 nitrogen and oxygen atoms in total. The number of para-hydroxylation sites is 1. The van der Waals surface area contributed by atoms with Gasteiger partial charge in [0.2, 0.25) is 0 Å². The summed E-state index contributed by atoms with van der Waals surface area (Å²) in [5.41, 5.74) is 7.06. The first-order chi connectivity index (χ1) is 16.9. The van der Waals surface area contributed by atoms with Crippen molar-refractivity contribution in [1.82, 2.24) is 10.3 Å². The average Bonchev–Trinajstić information content (AvgIpc) is 3.33. The lowest BCUT2D eigenvalue weighted by atomic mass is 9.92. The molecule has 1 unspecified atom stereocenters. The van der Waals surface area contributed by atoms with Crippen LogP contribution in [0.3, 0.4) is 0 Å². The molecule has 1 heterocycles. The molecular weight excluding hydrogens is 505 g/mol. The monoisotopic (exact) mass is 533 g/mol. The molecule has 0 aliphatic carbocycles. The van der Waals surface area contributed by atoms with Crippen molar-refractivity contribution in [2.75, 3.05) is 23.0 Å². The van der Waals surface area contributed by atoms with Crippen LogP contribution < -0.4 is 21.7 Å². The molecule has 0 aliphatic rings. The first-order valence-electron chi connectivity index (χ1n) is 11.1. The number of nitrogen functional groups attached to an aromatic ring is 1. The molecule has 0 aliphatic heterocycles. The van der Waals surface area contributed by atoms with Crippen LogP contribution >= 0.6 is 23.8 Å². The second-order valence-corrected chi connectivity index (χ2v) is 10.3. The number of hydrogen-bond acceptors (Lipinski definition) is 7. The van der Waals surface area contributed by atoms with Gasteiger partial charge >= 0.3 is 5.97 Å². The highest BCUT2D eigenvalue weighted by atomic mass is 35.5. The zero-order valence-electron chi connectivity index (χ0n) is 20.4. The number of carbonyl (C=O) groups excluding carboxylic acids is 1. The number of carbonyl (C=O) groups is 1. The number of nitrogens with zero attached hydrogens (tertiary/aromatic N) is 1. The summed E-state index contributed by atoms with van der Waals surface area (Å²) in [6.45, 7) is 7.36. The Balaban J connectivity index is 1.78. The van der Waals surface area contributed by atoms with Crippen LogP contribution in [0.5, 0.6) is 0 Å². The van der Waals surface area contributed by atoms with Crippen LogP contribution in [0.25, 0.3) is 0 Å². The van der Waals surface area contributed by atoms with E-state index in [2.05, 4.69) is 20.9 Å². The Labute approximate surface area is 219 Å². The molecular formula is C25H29ClFN5O3S. The lowest BCUT2D eigenvalue weighted by Gasteiger charge is -2.33. The number of nitrogens with one attached hydrogen (secondary N) is 3. The number of rotatable bonds is 8. The van der Waals surface area contributed by atoms with Gasteiger partial charge in [-0.2, -0.15) is 0 Å². The van der Waals surface area contributed by atoms with Crippen molar-refractivity contribution in [3.8, 4) is 0 Å². The minimum Gasteiger partial charge on any atom is -0.462 e. The molecule has 1 atom stereocenters. The standard InChI is InChI=1S/C25H29ClFN5O3S/c1-24(2,3)21(33)35-14-25(4,16-8-9-18(27)17(26)12-16)32-23(36)31-19-7-5-6-15(20(19)28)13-30-22-29-10-11-34-22/h5-12H,13-14,28H2,1-4H3,(H,29,30)(H2,31,32,36). The minimum absolute atomic E-state index is 0.0583. The van der Waals surface area contributed by atoms with Crippen LogP contribution in [0.15, 0.2) is 53.3 Å². The first kappa shape index (κ1) is 27.2. The fourth-order valence-electron chi connectivity index (χ4n) is 3.22. The van der Waals surface area contributed by atoms with Crippen molar-refractivity contribution >= 4 is 52.3 Å². The van der Waals surface area contributed by atoms with Crippen LogP contribution in [0.1, 0.15) is 38.8 Å². The van der Waals surface area contributed by atoms with E-state index in [1.54, 1.807) is 39.8 Å². The van der Waals surface area contributed by atoms with Crippen LogP contribution in [0, 0.1) is 11.2 Å². The maximum atomic E-state index is 13.8. The Morgan fingerprint density at radius 3 is 2.64 bits per heavy atom. The Hall–Kier alpha value is -3.37. The Morgan fingerprint density at radius 2 is 2.00 bits per heavy atom. The molecule has 192 valence electrons. The predicted octanol–water partition coefficient (Wildman–Crippen LogP) is 5.45. The zero-order chi connectivity index (χ0) is 26.5. The molecule has 36 heavy (non-hydrogen) atoms. The highest BCUT2D eigenvalue weighted by Crippen LogP contribution is 2.29. The molecule has 3 aromatic rings. The van der Waals surface area contributed by atoms with Gasteiger partial charge in [-0.15, -0.1) is 0 Å². The third-order valence-corrected chi connectivity index (χ3v) is 5.85. The number of ether oxygens (including phenoxy) is 1. The Kier molecular flexibility index (Phi) is 8.42. The molecule has 1 aromatic heterocycles. The van der Waals surface area contributed by atoms with Crippen LogP contribution in [-0.4, -0.2) is 22.7 Å². The average molecular weight is 534 g/mol. The van der Waals surface area contributed by atoms with Crippen LogP contribution in [0.2, 0.25) is 5.02 Å². The van der Waals surface area contributed by atoms with E-state index in [0.29, 0.717) is 29.5 Å². The first-order valence-corrected chi connectivity index (χ1v) is 11.9. The maximum Gasteiger partial charge on any atom is 0.311 e. The molecule has 0 spiro atoms. The highest BCUT2D eigenvalue weighted by Gasteiger charge is 2.33. The van der Waals surface area contributed by atoms with Crippen molar-refractivity contribution in [1.29, 1.82) is 0 Å². The maximum absolute atomic E-state index is 13.8. The van der Waals surface area contributed by atoms with Crippen molar-refractivity contribution in [2.45, 2.75) is 39.8 Å². The molecule has 2 aromatic carbocycles. The summed E-state index contributed by atoms with van der Waals surface area (Å²) >= 11 is 11.6. The lowest BCUT2D eigenvalue weighted by Crippen LogP contribution is -2.49. The minimum atomic E-state index is -1.03. The molecule has 0 bridgehead atoms. The van der Waals surface area contributed by atoms with Crippen LogP contribution in [0.4, 0.5) is 21.8 Å². The van der Waals surface area contributed by atoms with E-state index in [9.17, 15) is 9.18 Å². The summed E-state index contributed by atoms with van der Waals surface area (Å²) in [7, 11) is 0. The van der Waals surface area contributed by atoms with E-state index >= 15 is 0 Å². The summed E-state index contributed by atoms with van der Waals surface area (Å²) < 4.78 is 24.6. The number of oxazole rings is 1. The predicted molar refractivity (Wildman–Crippen MR) is 143 cm³/mol. The summed E-state index contributed by atoms with van der Waals surface area (Å²) in [6, 6.07) is 10.1. The second kappa shape index (κ2) is 11.1. The summed E-state index contributed by atoms with van der Waals surface area (Å²) in [4.78, 5) is 16.5. The zero-order valence-corrected chi connectivity index (χ0v) is 22.0. The van der Waals surface area contributed by atoms with Gasteiger partial charge in [0.25, 0.3) is 6.01 Å². The largest absolute Gasteiger partial charge is 0.462 e. The van der Waals surface area contributed by atoms with E-state index in [1.807, 2.05) is 12.1 Å². The van der Waals surface area contributed by atoms with Gasteiger partial charge < -0.3 is 30.8 Å². The third-order valence-electron chi connectivity index (χ3n) is 5.36. The van der Waals surface area contributed by atoms with Crippen LogP contribution in [-0.2, 0) is 21.6 Å². The van der Waals surface area contributed by atoms with Gasteiger partial charge in [-0.25, -0.2) is 9.37 Å². The third kappa shape index (κ3) is 6.86. The number of benzene rings is 2. The van der Waals surface area contributed by atoms with Crippen molar-refractivity contribution < 1.29 is 18.3 Å². The number of halogens is 2. The van der Waals surface area contributed by atoms with Crippen molar-refractivity contribution in [3.63, 3.8) is 0 Å². The van der Waals surface area contributed by atoms with Gasteiger partial charge in [-0.3, -0.25) is 4.79 Å². The van der Waals surface area contributed by atoms with Gasteiger partial charge in [-0.1, -0.05) is 29.8 Å². The number of esters is 1. The summed E-state index contributed by atoms with van der Waals surface area (Å²) in [5, 5.41) is 9.48. The number of hydrogen-bond donors (Lipinski definition) is 4. The molecule has 0 amide bonds. The molecule has 5 N–H and O–H groups in total. The molecule has 0 saturated heterocycles. The Morgan fingerprint density at radius 1 is 1.25 bits per heavy atom. The molecule has 3 rings (SSSR count). The van der Waals surface area contributed by atoms with E-state index in [-0.39, 0.29) is 16.7 Å². The van der Waals surface area contributed by atoms with Gasteiger partial charge in [0.15, 0.2) is 5.11 Å². The summed E-state index contributed by atoms with van der Waals surface area (Å²) in [5.74, 6) is -0.948. The number of anilines is 3. The quantitative estimate of drug-likeness (QED) is 0.170. The smallest absolute Gasteiger partial charge is 0.311 e. The van der Waals surface area contributed by atoms with E-state index < -0.39 is 22.7 Å². The SMILES string of the molecule is CC(C)(C)C(=O)OCC(C)(NC(=S)Nc1cccc(CNc2ncco2)c1N)c1ccc(F)c(Cl)c1. The van der Waals surface area contributed by atoms with Gasteiger partial charge in [0.1, 0.15) is 18.7 Å². The summed E-state index contributed by atoms with van der Waals surface area (Å²) in [6.07, 6.45) is 3.01. The Bertz CT molecular complexity index is 1230. The number of aromatic nitrogens is 1. The van der Waals surface area contributed by atoms with Crippen molar-refractivity contribution in [2.24, 2.45) is 5.41 Å². The van der Waals surface area contributed by atoms with E-state index in [0.717, 1.165) is 5.56 Å². The topological polar surface area (TPSA) is 114 Å². The fourth-order valence-corrected chi connectivity index (χ4v) is 3.73. The number of nitrogens with two attached hydrogens (primary N) is 1. The van der Waals surface area contributed by atoms with Gasteiger partial charge in [0, 0.05) is 6.54 Å². The van der Waals surface area contributed by atoms with E-state index in [1.165, 1.54) is 24.6 Å². The van der Waals surface area contributed by atoms with Gasteiger partial charge in [-0.05, 0) is 69.2 Å².